The van der Waals surface area contributed by atoms with Gasteiger partial charge in [0, 0.05) is 18.2 Å². The van der Waals surface area contributed by atoms with Crippen molar-refractivity contribution in [1.29, 1.82) is 0 Å². The fraction of sp³-hybridized carbons (Fsp3) is 0.462. The van der Waals surface area contributed by atoms with Crippen LogP contribution in [0.2, 0.25) is 0 Å². The molecule has 1 heterocycles. The van der Waals surface area contributed by atoms with Gasteiger partial charge in [-0.25, -0.2) is 12.8 Å². The minimum atomic E-state index is -3.59. The normalized spacial score (nSPS) is 26.1. The zero-order valence-corrected chi connectivity index (χ0v) is 12.4. The van der Waals surface area contributed by atoms with E-state index in [4.69, 9.17) is 18.0 Å². The summed E-state index contributed by atoms with van der Waals surface area (Å²) < 4.78 is 40.4. The number of nitrogens with zero attached hydrogens (tertiary/aromatic N) is 1. The molecule has 3 rings (SSSR count). The zero-order valence-electron chi connectivity index (χ0n) is 10.8. The number of halogens is 1. The Bertz CT molecular complexity index is 675. The summed E-state index contributed by atoms with van der Waals surface area (Å²) in [5.74, 6) is -0.135. The second kappa shape index (κ2) is 4.75. The first-order valence-electron chi connectivity index (χ1n) is 6.51. The van der Waals surface area contributed by atoms with Gasteiger partial charge < -0.3 is 5.73 Å². The number of fused-ring (bicyclic) bond motifs is 2. The van der Waals surface area contributed by atoms with Crippen LogP contribution in [-0.2, 0) is 10.0 Å². The van der Waals surface area contributed by atoms with E-state index in [1.165, 1.54) is 16.4 Å². The van der Waals surface area contributed by atoms with Crippen molar-refractivity contribution < 1.29 is 12.8 Å². The van der Waals surface area contributed by atoms with Gasteiger partial charge in [0.05, 0.1) is 4.90 Å². The summed E-state index contributed by atoms with van der Waals surface area (Å²) in [6, 6.07) is 3.70. The van der Waals surface area contributed by atoms with E-state index in [2.05, 4.69) is 0 Å². The van der Waals surface area contributed by atoms with Gasteiger partial charge in [0.25, 0.3) is 0 Å². The maximum atomic E-state index is 13.6. The van der Waals surface area contributed by atoms with Crippen molar-refractivity contribution in [2.75, 3.05) is 6.54 Å². The van der Waals surface area contributed by atoms with Crippen molar-refractivity contribution in [3.05, 3.63) is 29.6 Å². The Morgan fingerprint density at radius 2 is 2.15 bits per heavy atom. The molecule has 2 bridgehead atoms. The molecule has 2 N–H and O–H groups in total. The molecular weight excluding hydrogens is 299 g/mol. The number of piperidine rings is 1. The molecular formula is C13H15FN2O2S2. The first kappa shape index (κ1) is 13.9. The van der Waals surface area contributed by atoms with Gasteiger partial charge in [-0.05, 0) is 43.4 Å². The van der Waals surface area contributed by atoms with Gasteiger partial charge in [0.15, 0.2) is 0 Å². The van der Waals surface area contributed by atoms with E-state index < -0.39 is 15.8 Å². The van der Waals surface area contributed by atoms with Crippen molar-refractivity contribution in [1.82, 2.24) is 4.31 Å². The second-order valence-electron chi connectivity index (χ2n) is 5.41. The molecule has 0 spiro atoms. The SMILES string of the molecule is NC(=S)c1cc(S(=O)(=O)N2CC3CCC2C3)ccc1F. The summed E-state index contributed by atoms with van der Waals surface area (Å²) in [4.78, 5) is -0.0725. The third kappa shape index (κ3) is 2.13. The van der Waals surface area contributed by atoms with Gasteiger partial charge >= 0.3 is 0 Å². The monoisotopic (exact) mass is 314 g/mol. The van der Waals surface area contributed by atoms with Crippen molar-refractivity contribution in [2.45, 2.75) is 30.2 Å². The van der Waals surface area contributed by atoms with E-state index in [-0.39, 0.29) is 21.5 Å². The van der Waals surface area contributed by atoms with E-state index in [9.17, 15) is 12.8 Å². The first-order chi connectivity index (χ1) is 9.39. The number of thiocarbonyl (C=S) groups is 1. The number of benzene rings is 1. The lowest BCUT2D eigenvalue weighted by Gasteiger charge is -2.26. The van der Waals surface area contributed by atoms with Crippen molar-refractivity contribution in [2.24, 2.45) is 11.7 Å². The van der Waals surface area contributed by atoms with Crippen LogP contribution < -0.4 is 5.73 Å². The van der Waals surface area contributed by atoms with Crippen LogP contribution >= 0.6 is 12.2 Å². The second-order valence-corrected chi connectivity index (χ2v) is 7.74. The van der Waals surface area contributed by atoms with Crippen LogP contribution in [0.4, 0.5) is 4.39 Å². The van der Waals surface area contributed by atoms with Gasteiger partial charge in [-0.15, -0.1) is 0 Å². The Hall–Kier alpha value is -1.05. The number of rotatable bonds is 3. The largest absolute Gasteiger partial charge is 0.389 e. The highest BCUT2D eigenvalue weighted by molar-refractivity contribution is 7.89. The van der Waals surface area contributed by atoms with Gasteiger partial charge in [0.2, 0.25) is 10.0 Å². The van der Waals surface area contributed by atoms with Gasteiger partial charge in [-0.1, -0.05) is 12.2 Å². The number of nitrogens with two attached hydrogens (primary N) is 1. The Morgan fingerprint density at radius 3 is 2.70 bits per heavy atom. The van der Waals surface area contributed by atoms with Crippen molar-refractivity contribution >= 4 is 27.2 Å². The van der Waals surface area contributed by atoms with E-state index in [1.54, 1.807) is 0 Å². The summed E-state index contributed by atoms with van der Waals surface area (Å²) in [5, 5.41) is 0. The van der Waals surface area contributed by atoms with E-state index in [1.807, 2.05) is 0 Å². The number of hydrogen-bond donors (Lipinski definition) is 1. The molecule has 0 amide bonds. The topological polar surface area (TPSA) is 63.4 Å². The maximum Gasteiger partial charge on any atom is 0.243 e. The van der Waals surface area contributed by atoms with Crippen molar-refractivity contribution in [3.8, 4) is 0 Å². The highest BCUT2D eigenvalue weighted by Gasteiger charge is 2.44. The third-order valence-electron chi connectivity index (χ3n) is 4.17. The van der Waals surface area contributed by atoms with Crippen LogP contribution in [0.1, 0.15) is 24.8 Å². The molecule has 1 aliphatic heterocycles. The summed E-state index contributed by atoms with van der Waals surface area (Å²) in [5.41, 5.74) is 5.40. The highest BCUT2D eigenvalue weighted by Crippen LogP contribution is 2.40. The molecule has 4 nitrogen and oxygen atoms in total. The fourth-order valence-electron chi connectivity index (χ4n) is 3.16. The summed E-state index contributed by atoms with van der Waals surface area (Å²) in [7, 11) is -3.59. The van der Waals surface area contributed by atoms with Crippen LogP contribution in [0.5, 0.6) is 0 Å². The quantitative estimate of drug-likeness (QED) is 0.862. The Morgan fingerprint density at radius 1 is 1.40 bits per heavy atom. The molecule has 1 aromatic rings. The maximum absolute atomic E-state index is 13.6. The molecule has 2 fully saturated rings. The van der Waals surface area contributed by atoms with E-state index in [0.29, 0.717) is 12.5 Å². The number of hydrogen-bond acceptors (Lipinski definition) is 3. The molecule has 1 saturated carbocycles. The highest BCUT2D eigenvalue weighted by atomic mass is 32.2. The van der Waals surface area contributed by atoms with E-state index >= 15 is 0 Å². The Kier molecular flexibility index (Phi) is 3.30. The molecule has 1 aliphatic carbocycles. The average Bonchev–Trinajstić information content (AvgIpc) is 3.01. The van der Waals surface area contributed by atoms with Crippen LogP contribution in [0, 0.1) is 11.7 Å². The van der Waals surface area contributed by atoms with E-state index in [0.717, 1.165) is 25.3 Å². The van der Waals surface area contributed by atoms with Crippen molar-refractivity contribution in [3.63, 3.8) is 0 Å². The van der Waals surface area contributed by atoms with Crippen LogP contribution in [0.3, 0.4) is 0 Å². The third-order valence-corrected chi connectivity index (χ3v) is 6.30. The lowest BCUT2D eigenvalue weighted by molar-refractivity contribution is 0.333. The summed E-state index contributed by atoms with van der Waals surface area (Å²) in [6.45, 7) is 0.562. The Balaban J connectivity index is 2.00. The van der Waals surface area contributed by atoms with Crippen LogP contribution in [-0.4, -0.2) is 30.3 Å². The fourth-order valence-corrected chi connectivity index (χ4v) is 5.09. The minimum Gasteiger partial charge on any atom is -0.389 e. The molecule has 20 heavy (non-hydrogen) atoms. The molecule has 1 aromatic carbocycles. The molecule has 7 heteroatoms. The molecule has 2 aliphatic rings. The molecule has 0 aromatic heterocycles. The minimum absolute atomic E-state index is 0.0227. The number of sulfonamides is 1. The summed E-state index contributed by atoms with van der Waals surface area (Å²) >= 11 is 4.75. The Labute approximate surface area is 122 Å². The lowest BCUT2D eigenvalue weighted by Crippen LogP contribution is -2.37. The van der Waals surface area contributed by atoms with Crippen LogP contribution in [0.15, 0.2) is 23.1 Å². The predicted molar refractivity (Wildman–Crippen MR) is 77.3 cm³/mol. The smallest absolute Gasteiger partial charge is 0.243 e. The standard InChI is InChI=1S/C13H15FN2O2S2/c14-12-4-3-10(6-11(12)13(15)19)20(17,18)16-7-8-1-2-9(16)5-8/h3-4,6,8-9H,1-2,5,7H2,(H2,15,19). The summed E-state index contributed by atoms with van der Waals surface area (Å²) in [6.07, 6.45) is 2.94. The van der Waals surface area contributed by atoms with Crippen LogP contribution in [0.25, 0.3) is 0 Å². The predicted octanol–water partition coefficient (Wildman–Crippen LogP) is 1.63. The molecule has 0 radical (unpaired) electrons. The zero-order chi connectivity index (χ0) is 14.5. The van der Waals surface area contributed by atoms with Gasteiger partial charge in [0.1, 0.15) is 10.8 Å². The van der Waals surface area contributed by atoms with Gasteiger partial charge in [-0.2, -0.15) is 4.31 Å². The van der Waals surface area contributed by atoms with Gasteiger partial charge in [-0.3, -0.25) is 0 Å². The molecule has 2 unspecified atom stereocenters. The molecule has 108 valence electrons. The molecule has 1 saturated heterocycles. The average molecular weight is 314 g/mol. The first-order valence-corrected chi connectivity index (χ1v) is 8.35. The molecule has 2 atom stereocenters. The lowest BCUT2D eigenvalue weighted by atomic mass is 10.1.